The molecule has 1 aliphatic carbocycles. The molecule has 2 aliphatic rings. The summed E-state index contributed by atoms with van der Waals surface area (Å²) in [6, 6.07) is 7.05. The maximum atomic E-state index is 11.2. The number of carboxylic acid groups (broad SMARTS) is 1. The van der Waals surface area contributed by atoms with Gasteiger partial charge < -0.3 is 35.1 Å². The van der Waals surface area contributed by atoms with Crippen molar-refractivity contribution in [2.24, 2.45) is 5.16 Å². The molecule has 25 heavy (non-hydrogen) atoms. The standard InChI is InChI=1S/C16H17NO8/c18-10-11(19)14(15(21)22)25-16(12(10)20)24-13-8-4-2-1-3-7(8)5-6-9(13)17-23/h1-6,10-14,16,18-20,23H,(H,21,22)/b17-9+/t10-,11-,12+,13?,14-,16+/m1/s1. The number of carboxylic acids is 1. The molecule has 1 heterocycles. The van der Waals surface area contributed by atoms with Gasteiger partial charge >= 0.3 is 5.97 Å². The predicted octanol–water partition coefficient (Wildman–Crippen LogP) is -0.507. The molecule has 1 aromatic rings. The Hall–Kier alpha value is -2.30. The Balaban J connectivity index is 1.89. The van der Waals surface area contributed by atoms with Gasteiger partial charge in [-0.25, -0.2) is 4.79 Å². The summed E-state index contributed by atoms with van der Waals surface area (Å²) < 4.78 is 10.7. The van der Waals surface area contributed by atoms with Crippen LogP contribution in [0.1, 0.15) is 17.2 Å². The zero-order valence-electron chi connectivity index (χ0n) is 12.8. The van der Waals surface area contributed by atoms with Crippen LogP contribution in [0.25, 0.3) is 6.08 Å². The van der Waals surface area contributed by atoms with Gasteiger partial charge in [0.25, 0.3) is 0 Å². The lowest BCUT2D eigenvalue weighted by Gasteiger charge is -2.40. The van der Waals surface area contributed by atoms with E-state index in [0.29, 0.717) is 5.56 Å². The van der Waals surface area contributed by atoms with Crippen molar-refractivity contribution in [2.45, 2.75) is 36.8 Å². The topological polar surface area (TPSA) is 149 Å². The molecular formula is C16H17NO8. The molecular weight excluding hydrogens is 334 g/mol. The van der Waals surface area contributed by atoms with Crippen molar-refractivity contribution in [3.05, 3.63) is 41.5 Å². The Labute approximate surface area is 142 Å². The van der Waals surface area contributed by atoms with Crippen molar-refractivity contribution < 1.29 is 39.9 Å². The number of aliphatic carboxylic acids is 1. The number of carbonyl (C=O) groups is 1. The van der Waals surface area contributed by atoms with Crippen LogP contribution in [0.15, 0.2) is 35.5 Å². The number of oxime groups is 1. The third-order valence-electron chi connectivity index (χ3n) is 4.18. The van der Waals surface area contributed by atoms with Gasteiger partial charge in [-0.2, -0.15) is 0 Å². The van der Waals surface area contributed by atoms with Crippen molar-refractivity contribution in [2.75, 3.05) is 0 Å². The van der Waals surface area contributed by atoms with Crippen molar-refractivity contribution in [3.63, 3.8) is 0 Å². The second kappa shape index (κ2) is 6.90. The Morgan fingerprint density at radius 1 is 1.08 bits per heavy atom. The minimum atomic E-state index is -1.81. The number of benzene rings is 1. The summed E-state index contributed by atoms with van der Waals surface area (Å²) in [5, 5.41) is 51.1. The number of hydrogen-bond acceptors (Lipinski definition) is 8. The van der Waals surface area contributed by atoms with Crippen LogP contribution in [-0.2, 0) is 14.3 Å². The number of aliphatic hydroxyl groups is 3. The van der Waals surface area contributed by atoms with Crippen molar-refractivity contribution in [3.8, 4) is 0 Å². The van der Waals surface area contributed by atoms with E-state index in [0.717, 1.165) is 5.56 Å². The molecule has 0 aromatic heterocycles. The van der Waals surface area contributed by atoms with E-state index in [9.17, 15) is 25.3 Å². The molecule has 1 saturated heterocycles. The minimum absolute atomic E-state index is 0.113. The maximum absolute atomic E-state index is 11.2. The van der Waals surface area contributed by atoms with Crippen molar-refractivity contribution in [1.82, 2.24) is 0 Å². The molecule has 9 nitrogen and oxygen atoms in total. The first kappa shape index (κ1) is 17.5. The Bertz CT molecular complexity index is 718. The monoisotopic (exact) mass is 351 g/mol. The number of hydrogen-bond donors (Lipinski definition) is 5. The molecule has 1 aliphatic heterocycles. The molecule has 1 unspecified atom stereocenters. The number of nitrogens with zero attached hydrogens (tertiary/aromatic N) is 1. The van der Waals surface area contributed by atoms with Gasteiger partial charge in [-0.3, -0.25) is 0 Å². The van der Waals surface area contributed by atoms with Gasteiger partial charge in [-0.05, 0) is 17.2 Å². The second-order valence-corrected chi connectivity index (χ2v) is 5.74. The van der Waals surface area contributed by atoms with Crippen molar-refractivity contribution >= 4 is 17.8 Å². The molecule has 9 heteroatoms. The van der Waals surface area contributed by atoms with Gasteiger partial charge in [-0.1, -0.05) is 35.5 Å². The van der Waals surface area contributed by atoms with Crippen LogP contribution in [0.5, 0.6) is 0 Å². The molecule has 0 saturated carbocycles. The average molecular weight is 351 g/mol. The summed E-state index contributed by atoms with van der Waals surface area (Å²) in [5.41, 5.74) is 1.50. The molecule has 5 N–H and O–H groups in total. The highest BCUT2D eigenvalue weighted by Gasteiger charge is 2.48. The van der Waals surface area contributed by atoms with Crippen LogP contribution in [0.2, 0.25) is 0 Å². The van der Waals surface area contributed by atoms with E-state index in [1.807, 2.05) is 0 Å². The molecule has 0 spiro atoms. The Kier molecular flexibility index (Phi) is 4.84. The number of rotatable bonds is 3. The van der Waals surface area contributed by atoms with Crippen LogP contribution < -0.4 is 0 Å². The van der Waals surface area contributed by atoms with Gasteiger partial charge in [0.2, 0.25) is 0 Å². The van der Waals surface area contributed by atoms with E-state index in [2.05, 4.69) is 5.16 Å². The number of ether oxygens (including phenoxy) is 2. The largest absolute Gasteiger partial charge is 0.479 e. The second-order valence-electron chi connectivity index (χ2n) is 5.74. The van der Waals surface area contributed by atoms with E-state index in [-0.39, 0.29) is 5.71 Å². The van der Waals surface area contributed by atoms with E-state index in [4.69, 9.17) is 14.6 Å². The smallest absolute Gasteiger partial charge is 0.335 e. The van der Waals surface area contributed by atoms with Crippen LogP contribution in [0.3, 0.4) is 0 Å². The summed E-state index contributed by atoms with van der Waals surface area (Å²) >= 11 is 0. The third kappa shape index (κ3) is 3.15. The normalized spacial score (nSPS) is 36.2. The molecule has 0 radical (unpaired) electrons. The summed E-state index contributed by atoms with van der Waals surface area (Å²) in [6.45, 7) is 0. The first-order chi connectivity index (χ1) is 11.9. The fraction of sp³-hybridized carbons (Fsp3) is 0.375. The highest BCUT2D eigenvalue weighted by atomic mass is 16.7. The van der Waals surface area contributed by atoms with Crippen LogP contribution in [0, 0.1) is 0 Å². The zero-order valence-corrected chi connectivity index (χ0v) is 12.8. The van der Waals surface area contributed by atoms with Crippen LogP contribution in [0.4, 0.5) is 0 Å². The quantitative estimate of drug-likeness (QED) is 0.361. The van der Waals surface area contributed by atoms with E-state index in [1.54, 1.807) is 30.3 Å². The number of fused-ring (bicyclic) bond motifs is 1. The summed E-state index contributed by atoms with van der Waals surface area (Å²) in [5.74, 6) is -1.51. The highest BCUT2D eigenvalue weighted by Crippen LogP contribution is 2.33. The average Bonchev–Trinajstić information content (AvgIpc) is 2.61. The molecule has 134 valence electrons. The van der Waals surface area contributed by atoms with Gasteiger partial charge in [-0.15, -0.1) is 0 Å². The van der Waals surface area contributed by atoms with Gasteiger partial charge in [0.05, 0.1) is 0 Å². The summed E-state index contributed by atoms with van der Waals surface area (Å²) in [6.07, 6.45) is -6.34. The lowest BCUT2D eigenvalue weighted by Crippen LogP contribution is -2.60. The van der Waals surface area contributed by atoms with Crippen molar-refractivity contribution in [1.29, 1.82) is 0 Å². The van der Waals surface area contributed by atoms with Gasteiger partial charge in [0.1, 0.15) is 30.1 Å². The lowest BCUT2D eigenvalue weighted by atomic mass is 9.93. The van der Waals surface area contributed by atoms with E-state index >= 15 is 0 Å². The van der Waals surface area contributed by atoms with E-state index < -0.39 is 42.8 Å². The Morgan fingerprint density at radius 3 is 2.48 bits per heavy atom. The third-order valence-corrected chi connectivity index (χ3v) is 4.18. The molecule has 3 rings (SSSR count). The molecule has 1 aromatic carbocycles. The lowest BCUT2D eigenvalue weighted by molar-refractivity contribution is -0.299. The SMILES string of the molecule is O=C(O)[C@@H]1O[C@H](OC2/C(=N/O)C=Cc3ccccc32)[C@@H](O)[C@H](O)[C@H]1O. The van der Waals surface area contributed by atoms with Crippen LogP contribution in [-0.4, -0.2) is 68.0 Å². The van der Waals surface area contributed by atoms with Crippen LogP contribution >= 0.6 is 0 Å². The first-order valence-corrected chi connectivity index (χ1v) is 7.51. The molecule has 0 bridgehead atoms. The fourth-order valence-electron chi connectivity index (χ4n) is 2.85. The Morgan fingerprint density at radius 2 is 1.80 bits per heavy atom. The highest BCUT2D eigenvalue weighted by molar-refractivity contribution is 6.04. The molecule has 6 atom stereocenters. The summed E-state index contributed by atoms with van der Waals surface area (Å²) in [4.78, 5) is 11.2. The minimum Gasteiger partial charge on any atom is -0.479 e. The first-order valence-electron chi connectivity index (χ1n) is 7.51. The number of aliphatic hydroxyl groups excluding tert-OH is 3. The molecule has 0 amide bonds. The van der Waals surface area contributed by atoms with Gasteiger partial charge in [0.15, 0.2) is 12.4 Å². The zero-order chi connectivity index (χ0) is 18.1. The molecule has 1 fully saturated rings. The van der Waals surface area contributed by atoms with Gasteiger partial charge in [0, 0.05) is 0 Å². The predicted molar refractivity (Wildman–Crippen MR) is 82.8 cm³/mol. The van der Waals surface area contributed by atoms with E-state index in [1.165, 1.54) is 6.08 Å². The fourth-order valence-corrected chi connectivity index (χ4v) is 2.85. The summed E-state index contributed by atoms with van der Waals surface area (Å²) in [7, 11) is 0. The maximum Gasteiger partial charge on any atom is 0.335 e.